The predicted octanol–water partition coefficient (Wildman–Crippen LogP) is 3.61. The van der Waals surface area contributed by atoms with Crippen LogP contribution in [0.25, 0.3) is 5.69 Å². The van der Waals surface area contributed by atoms with Crippen molar-refractivity contribution in [1.29, 1.82) is 0 Å². The Labute approximate surface area is 147 Å². The molecular formula is C20H25FN2O2. The van der Waals surface area contributed by atoms with Gasteiger partial charge in [0.05, 0.1) is 5.56 Å². The van der Waals surface area contributed by atoms with Gasteiger partial charge in [-0.05, 0) is 63.8 Å². The van der Waals surface area contributed by atoms with Gasteiger partial charge in [-0.15, -0.1) is 0 Å². The number of aliphatic hydroxyl groups is 1. The molecule has 2 heterocycles. The number of aliphatic hydroxyl groups excluding tert-OH is 1. The van der Waals surface area contributed by atoms with Crippen molar-refractivity contribution in [3.8, 4) is 5.69 Å². The molecular weight excluding hydrogens is 319 g/mol. The Morgan fingerprint density at radius 3 is 2.84 bits per heavy atom. The zero-order chi connectivity index (χ0) is 18.0. The van der Waals surface area contributed by atoms with Crippen LogP contribution in [0.2, 0.25) is 0 Å². The fourth-order valence-electron chi connectivity index (χ4n) is 3.88. The van der Waals surface area contributed by atoms with Crippen molar-refractivity contribution >= 4 is 5.91 Å². The lowest BCUT2D eigenvalue weighted by atomic mass is 10.1. The van der Waals surface area contributed by atoms with E-state index in [1.165, 1.54) is 12.1 Å². The van der Waals surface area contributed by atoms with Crippen LogP contribution in [0.5, 0.6) is 0 Å². The van der Waals surface area contributed by atoms with Crippen molar-refractivity contribution in [2.24, 2.45) is 0 Å². The molecule has 4 nitrogen and oxygen atoms in total. The van der Waals surface area contributed by atoms with E-state index in [2.05, 4.69) is 0 Å². The van der Waals surface area contributed by atoms with E-state index in [-0.39, 0.29) is 24.4 Å². The largest absolute Gasteiger partial charge is 0.396 e. The first kappa shape index (κ1) is 17.7. The molecule has 0 saturated carbocycles. The third kappa shape index (κ3) is 3.47. The highest BCUT2D eigenvalue weighted by Crippen LogP contribution is 2.27. The van der Waals surface area contributed by atoms with E-state index in [1.807, 2.05) is 35.4 Å². The monoisotopic (exact) mass is 344 g/mol. The Morgan fingerprint density at radius 1 is 1.32 bits per heavy atom. The molecule has 1 fully saturated rings. The molecule has 1 amide bonds. The van der Waals surface area contributed by atoms with Gasteiger partial charge in [-0.1, -0.05) is 6.07 Å². The Morgan fingerprint density at radius 2 is 2.12 bits per heavy atom. The minimum atomic E-state index is -0.290. The molecule has 1 aliphatic heterocycles. The Balaban J connectivity index is 1.91. The fourth-order valence-corrected chi connectivity index (χ4v) is 3.88. The number of hydrogen-bond donors (Lipinski definition) is 1. The van der Waals surface area contributed by atoms with Gasteiger partial charge < -0.3 is 14.6 Å². The summed E-state index contributed by atoms with van der Waals surface area (Å²) in [6, 6.07) is 8.52. The summed E-state index contributed by atoms with van der Waals surface area (Å²) in [4.78, 5) is 15.0. The van der Waals surface area contributed by atoms with Gasteiger partial charge in [0, 0.05) is 36.3 Å². The van der Waals surface area contributed by atoms with E-state index in [1.54, 1.807) is 6.07 Å². The summed E-state index contributed by atoms with van der Waals surface area (Å²) in [5.74, 6) is -0.252. The zero-order valence-corrected chi connectivity index (χ0v) is 14.8. The Kier molecular flexibility index (Phi) is 5.23. The number of benzene rings is 1. The van der Waals surface area contributed by atoms with E-state index in [9.17, 15) is 9.18 Å². The maximum atomic E-state index is 13.6. The van der Waals surface area contributed by atoms with E-state index >= 15 is 0 Å². The molecule has 1 atom stereocenters. The molecule has 2 aromatic rings. The number of likely N-dealkylation sites (tertiary alicyclic amines) is 1. The molecule has 134 valence electrons. The first-order valence-electron chi connectivity index (χ1n) is 8.89. The minimum absolute atomic E-state index is 0.0381. The van der Waals surface area contributed by atoms with Crippen molar-refractivity contribution < 1.29 is 14.3 Å². The Bertz CT molecular complexity index is 769. The summed E-state index contributed by atoms with van der Waals surface area (Å²) in [5.41, 5.74) is 3.16. The molecule has 1 N–H and O–H groups in total. The van der Waals surface area contributed by atoms with Gasteiger partial charge in [0.25, 0.3) is 5.91 Å². The van der Waals surface area contributed by atoms with E-state index < -0.39 is 0 Å². The van der Waals surface area contributed by atoms with Gasteiger partial charge in [-0.3, -0.25) is 4.79 Å². The summed E-state index contributed by atoms with van der Waals surface area (Å²) in [5, 5.41) is 9.06. The zero-order valence-electron chi connectivity index (χ0n) is 14.8. The molecule has 0 aliphatic carbocycles. The number of nitrogens with zero attached hydrogens (tertiary/aromatic N) is 2. The van der Waals surface area contributed by atoms with Crippen LogP contribution in [0.15, 0.2) is 30.3 Å². The molecule has 1 aromatic heterocycles. The number of amides is 1. The number of halogens is 1. The second kappa shape index (κ2) is 7.40. The fraction of sp³-hybridized carbons (Fsp3) is 0.450. The second-order valence-electron chi connectivity index (χ2n) is 6.76. The smallest absolute Gasteiger partial charge is 0.255 e. The van der Waals surface area contributed by atoms with Crippen molar-refractivity contribution in [1.82, 2.24) is 9.47 Å². The van der Waals surface area contributed by atoms with Gasteiger partial charge in [-0.2, -0.15) is 0 Å². The molecule has 1 unspecified atom stereocenters. The lowest BCUT2D eigenvalue weighted by molar-refractivity contribution is 0.0723. The highest BCUT2D eigenvalue weighted by atomic mass is 19.1. The first-order valence-corrected chi connectivity index (χ1v) is 8.89. The van der Waals surface area contributed by atoms with E-state index in [4.69, 9.17) is 5.11 Å². The van der Waals surface area contributed by atoms with Crippen LogP contribution in [-0.2, 0) is 0 Å². The van der Waals surface area contributed by atoms with Crippen molar-refractivity contribution in [2.45, 2.75) is 45.6 Å². The normalized spacial score (nSPS) is 17.3. The van der Waals surface area contributed by atoms with Gasteiger partial charge in [0.15, 0.2) is 0 Å². The molecule has 5 heteroatoms. The number of hydrogen-bond acceptors (Lipinski definition) is 2. The van der Waals surface area contributed by atoms with Crippen LogP contribution in [0.1, 0.15) is 47.4 Å². The third-order valence-electron chi connectivity index (χ3n) is 5.06. The quantitative estimate of drug-likeness (QED) is 0.901. The van der Waals surface area contributed by atoms with Crippen LogP contribution < -0.4 is 0 Å². The average Bonchev–Trinajstić information content (AvgIpc) is 3.16. The summed E-state index contributed by atoms with van der Waals surface area (Å²) in [6.45, 7) is 4.76. The third-order valence-corrected chi connectivity index (χ3v) is 5.06. The molecule has 1 aliphatic rings. The molecule has 1 aromatic carbocycles. The second-order valence-corrected chi connectivity index (χ2v) is 6.76. The van der Waals surface area contributed by atoms with Crippen LogP contribution >= 0.6 is 0 Å². The number of carbonyl (C=O) groups is 1. The molecule has 0 bridgehead atoms. The highest BCUT2D eigenvalue weighted by molar-refractivity contribution is 5.96. The van der Waals surface area contributed by atoms with E-state index in [0.717, 1.165) is 49.3 Å². The van der Waals surface area contributed by atoms with Crippen molar-refractivity contribution in [3.63, 3.8) is 0 Å². The van der Waals surface area contributed by atoms with Gasteiger partial charge in [-0.25, -0.2) is 4.39 Å². The number of aryl methyl sites for hydroxylation is 1. The van der Waals surface area contributed by atoms with Crippen molar-refractivity contribution in [3.05, 3.63) is 53.1 Å². The van der Waals surface area contributed by atoms with Crippen molar-refractivity contribution in [2.75, 3.05) is 13.2 Å². The summed E-state index contributed by atoms with van der Waals surface area (Å²) < 4.78 is 15.5. The minimum Gasteiger partial charge on any atom is -0.396 e. The maximum Gasteiger partial charge on any atom is 0.255 e. The van der Waals surface area contributed by atoms with Crippen LogP contribution in [-0.4, -0.2) is 39.7 Å². The summed E-state index contributed by atoms with van der Waals surface area (Å²) in [7, 11) is 0. The van der Waals surface area contributed by atoms with Gasteiger partial charge in [0.1, 0.15) is 5.82 Å². The predicted molar refractivity (Wildman–Crippen MR) is 95.6 cm³/mol. The van der Waals surface area contributed by atoms with Gasteiger partial charge in [0.2, 0.25) is 0 Å². The van der Waals surface area contributed by atoms with Crippen LogP contribution in [0.3, 0.4) is 0 Å². The first-order chi connectivity index (χ1) is 12.0. The Hall–Kier alpha value is -2.14. The summed E-state index contributed by atoms with van der Waals surface area (Å²) in [6.07, 6.45) is 3.56. The highest BCUT2D eigenvalue weighted by Gasteiger charge is 2.30. The standard InChI is InChI=1S/C20H25FN2O2/c1-14-12-19(15(2)23(14)18-7-3-6-16(21)13-18)20(25)22-10-4-8-17(22)9-5-11-24/h3,6-7,12-13,17,24H,4-5,8-11H2,1-2H3. The van der Waals surface area contributed by atoms with E-state index in [0.29, 0.717) is 5.56 Å². The average molecular weight is 344 g/mol. The van der Waals surface area contributed by atoms with Gasteiger partial charge >= 0.3 is 0 Å². The number of aromatic nitrogens is 1. The molecule has 25 heavy (non-hydrogen) atoms. The molecule has 1 saturated heterocycles. The number of rotatable bonds is 5. The topological polar surface area (TPSA) is 45.5 Å². The van der Waals surface area contributed by atoms with Crippen LogP contribution in [0, 0.1) is 19.7 Å². The molecule has 3 rings (SSSR count). The van der Waals surface area contributed by atoms with Crippen LogP contribution in [0.4, 0.5) is 4.39 Å². The number of carbonyl (C=O) groups excluding carboxylic acids is 1. The lowest BCUT2D eigenvalue weighted by Crippen LogP contribution is -2.35. The lowest BCUT2D eigenvalue weighted by Gasteiger charge is -2.24. The molecule has 0 radical (unpaired) electrons. The maximum absolute atomic E-state index is 13.6. The SMILES string of the molecule is Cc1cc(C(=O)N2CCCC2CCCO)c(C)n1-c1cccc(F)c1. The summed E-state index contributed by atoms with van der Waals surface area (Å²) >= 11 is 0. The molecule has 0 spiro atoms.